The number of aliphatic hydroxyl groups is 1. The minimum absolute atomic E-state index is 0.107. The lowest BCUT2D eigenvalue weighted by atomic mass is 10.1. The molecular formula is C13H16FNO5S. The van der Waals surface area contributed by atoms with Crippen LogP contribution in [-0.4, -0.2) is 47.6 Å². The largest absolute Gasteiger partial charge is 0.480 e. The predicted molar refractivity (Wildman–Crippen MR) is 71.8 cm³/mol. The summed E-state index contributed by atoms with van der Waals surface area (Å²) in [5.74, 6) is -1.87. The summed E-state index contributed by atoms with van der Waals surface area (Å²) in [7, 11) is -4.12. The Hall–Kier alpha value is -1.51. The Morgan fingerprint density at radius 1 is 1.33 bits per heavy atom. The normalized spacial score (nSPS) is 23.4. The third-order valence-electron chi connectivity index (χ3n) is 3.51. The molecular weight excluding hydrogens is 301 g/mol. The predicted octanol–water partition coefficient (Wildman–Crippen LogP) is 0.651. The summed E-state index contributed by atoms with van der Waals surface area (Å²) in [4.78, 5) is 11.1. The van der Waals surface area contributed by atoms with Crippen LogP contribution >= 0.6 is 0 Å². The maximum atomic E-state index is 13.3. The second-order valence-electron chi connectivity index (χ2n) is 5.19. The lowest BCUT2D eigenvalue weighted by molar-refractivity contribution is -0.140. The molecule has 21 heavy (non-hydrogen) atoms. The van der Waals surface area contributed by atoms with Gasteiger partial charge in [-0.15, -0.1) is 0 Å². The van der Waals surface area contributed by atoms with Crippen LogP contribution in [-0.2, 0) is 14.8 Å². The Morgan fingerprint density at radius 2 is 1.86 bits per heavy atom. The van der Waals surface area contributed by atoms with E-state index in [2.05, 4.69) is 0 Å². The minimum Gasteiger partial charge on any atom is -0.480 e. The van der Waals surface area contributed by atoms with Gasteiger partial charge in [0.05, 0.1) is 11.0 Å². The van der Waals surface area contributed by atoms with Gasteiger partial charge in [0.1, 0.15) is 11.9 Å². The summed E-state index contributed by atoms with van der Waals surface area (Å²) in [6, 6.07) is 0.860. The van der Waals surface area contributed by atoms with Crippen LogP contribution in [0.1, 0.15) is 17.5 Å². The van der Waals surface area contributed by atoms with Crippen LogP contribution < -0.4 is 0 Å². The first-order chi connectivity index (χ1) is 9.64. The van der Waals surface area contributed by atoms with Crippen LogP contribution in [0.4, 0.5) is 4.39 Å². The van der Waals surface area contributed by atoms with Crippen molar-refractivity contribution in [2.75, 3.05) is 6.54 Å². The van der Waals surface area contributed by atoms with Crippen LogP contribution in [0.15, 0.2) is 17.0 Å². The summed E-state index contributed by atoms with van der Waals surface area (Å²) in [6.45, 7) is 2.62. The van der Waals surface area contributed by atoms with Gasteiger partial charge in [-0.1, -0.05) is 0 Å². The molecule has 2 atom stereocenters. The maximum Gasteiger partial charge on any atom is 0.322 e. The van der Waals surface area contributed by atoms with Crippen molar-refractivity contribution in [3.05, 3.63) is 29.1 Å². The maximum absolute atomic E-state index is 13.3. The van der Waals surface area contributed by atoms with Gasteiger partial charge in [-0.05, 0) is 37.1 Å². The van der Waals surface area contributed by atoms with E-state index in [-0.39, 0.29) is 29.0 Å². The van der Waals surface area contributed by atoms with E-state index in [1.54, 1.807) is 0 Å². The van der Waals surface area contributed by atoms with Gasteiger partial charge in [-0.2, -0.15) is 4.31 Å². The van der Waals surface area contributed by atoms with Crippen molar-refractivity contribution < 1.29 is 27.8 Å². The lowest BCUT2D eigenvalue weighted by Gasteiger charge is -2.23. The zero-order valence-electron chi connectivity index (χ0n) is 11.6. The molecule has 1 aromatic carbocycles. The summed E-state index contributed by atoms with van der Waals surface area (Å²) in [6.07, 6.45) is -1.18. The quantitative estimate of drug-likeness (QED) is 0.853. The number of aliphatic carboxylic acids is 1. The average Bonchev–Trinajstić information content (AvgIpc) is 2.70. The second kappa shape index (κ2) is 5.36. The molecule has 1 aliphatic rings. The van der Waals surface area contributed by atoms with Gasteiger partial charge >= 0.3 is 5.97 Å². The van der Waals surface area contributed by atoms with Gasteiger partial charge in [-0.25, -0.2) is 12.8 Å². The second-order valence-corrected chi connectivity index (χ2v) is 7.01. The zero-order valence-corrected chi connectivity index (χ0v) is 12.4. The molecule has 1 fully saturated rings. The number of carboxylic acids is 1. The molecule has 0 saturated carbocycles. The Kier molecular flexibility index (Phi) is 4.05. The van der Waals surface area contributed by atoms with E-state index in [4.69, 9.17) is 5.11 Å². The topological polar surface area (TPSA) is 94.9 Å². The highest BCUT2D eigenvalue weighted by Crippen LogP contribution is 2.30. The number of halogens is 1. The van der Waals surface area contributed by atoms with Crippen molar-refractivity contribution in [1.82, 2.24) is 4.31 Å². The molecule has 0 spiro atoms. The fourth-order valence-corrected chi connectivity index (χ4v) is 4.74. The molecule has 1 saturated heterocycles. The van der Waals surface area contributed by atoms with Gasteiger partial charge < -0.3 is 10.2 Å². The van der Waals surface area contributed by atoms with E-state index in [1.807, 2.05) is 0 Å². The highest BCUT2D eigenvalue weighted by atomic mass is 32.2. The highest BCUT2D eigenvalue weighted by molar-refractivity contribution is 7.89. The van der Waals surface area contributed by atoms with Gasteiger partial charge in [-0.3, -0.25) is 4.79 Å². The minimum atomic E-state index is -4.12. The Balaban J connectivity index is 2.55. The van der Waals surface area contributed by atoms with Crippen LogP contribution in [0.3, 0.4) is 0 Å². The van der Waals surface area contributed by atoms with Gasteiger partial charge in [0.2, 0.25) is 10.0 Å². The number of rotatable bonds is 3. The van der Waals surface area contributed by atoms with Crippen LogP contribution in [0.2, 0.25) is 0 Å². The first-order valence-electron chi connectivity index (χ1n) is 6.34. The first kappa shape index (κ1) is 15.9. The molecule has 0 amide bonds. The number of benzene rings is 1. The van der Waals surface area contributed by atoms with Gasteiger partial charge in [0.15, 0.2) is 0 Å². The number of hydrogen-bond donors (Lipinski definition) is 2. The van der Waals surface area contributed by atoms with Crippen LogP contribution in [0.25, 0.3) is 0 Å². The SMILES string of the molecule is Cc1cc(F)cc(C)c1S(=O)(=O)N1C[C@@H](O)C[C@H]1C(=O)O. The molecule has 6 nitrogen and oxygen atoms in total. The van der Waals surface area contributed by atoms with E-state index in [9.17, 15) is 22.7 Å². The monoisotopic (exact) mass is 317 g/mol. The fourth-order valence-electron chi connectivity index (χ4n) is 2.70. The van der Waals surface area contributed by atoms with Crippen molar-refractivity contribution in [3.8, 4) is 0 Å². The van der Waals surface area contributed by atoms with Crippen LogP contribution in [0.5, 0.6) is 0 Å². The smallest absolute Gasteiger partial charge is 0.322 e. The van der Waals surface area contributed by atoms with Gasteiger partial charge in [0.25, 0.3) is 0 Å². The number of β-amino-alcohol motifs (C(OH)–C–C–N with tert-alkyl or cyclic N) is 1. The Bertz CT molecular complexity index is 665. The zero-order chi connectivity index (χ0) is 15.9. The molecule has 116 valence electrons. The first-order valence-corrected chi connectivity index (χ1v) is 7.78. The van der Waals surface area contributed by atoms with Crippen molar-refractivity contribution in [2.24, 2.45) is 0 Å². The number of hydrogen-bond acceptors (Lipinski definition) is 4. The van der Waals surface area contributed by atoms with Crippen molar-refractivity contribution in [1.29, 1.82) is 0 Å². The number of aliphatic hydroxyl groups excluding tert-OH is 1. The third-order valence-corrected chi connectivity index (χ3v) is 5.69. The van der Waals surface area contributed by atoms with Crippen LogP contribution in [0, 0.1) is 19.7 Å². The Labute approximate surface area is 121 Å². The number of nitrogens with zero attached hydrogens (tertiary/aromatic N) is 1. The number of carbonyl (C=O) groups is 1. The van der Waals surface area contributed by atoms with E-state index in [0.717, 1.165) is 16.4 Å². The molecule has 8 heteroatoms. The molecule has 0 unspecified atom stereocenters. The average molecular weight is 317 g/mol. The lowest BCUT2D eigenvalue weighted by Crippen LogP contribution is -2.41. The molecule has 0 radical (unpaired) electrons. The molecule has 1 aromatic rings. The molecule has 1 heterocycles. The third kappa shape index (κ3) is 2.78. The molecule has 0 aliphatic carbocycles. The number of sulfonamides is 1. The van der Waals surface area contributed by atoms with Crippen molar-refractivity contribution >= 4 is 16.0 Å². The molecule has 0 bridgehead atoms. The van der Waals surface area contributed by atoms with E-state index in [1.165, 1.54) is 13.8 Å². The molecule has 1 aliphatic heterocycles. The van der Waals surface area contributed by atoms with Crippen molar-refractivity contribution in [3.63, 3.8) is 0 Å². The summed E-state index contributed by atoms with van der Waals surface area (Å²) in [5.41, 5.74) is 0.413. The van der Waals surface area contributed by atoms with E-state index < -0.39 is 34.0 Å². The molecule has 2 rings (SSSR count). The highest BCUT2D eigenvalue weighted by Gasteiger charge is 2.44. The standard InChI is InChI=1S/C13H16FNO5S/c1-7-3-9(14)4-8(2)12(7)21(19,20)15-6-10(16)5-11(15)13(17)18/h3-4,10-11,16H,5-6H2,1-2H3,(H,17,18)/t10-,11-/m0/s1. The summed E-state index contributed by atoms with van der Waals surface area (Å²) in [5, 5.41) is 18.7. The van der Waals surface area contributed by atoms with Crippen molar-refractivity contribution in [2.45, 2.75) is 37.3 Å². The molecule has 2 N–H and O–H groups in total. The van der Waals surface area contributed by atoms with Gasteiger partial charge in [0, 0.05) is 13.0 Å². The fraction of sp³-hybridized carbons (Fsp3) is 0.462. The van der Waals surface area contributed by atoms with E-state index in [0.29, 0.717) is 0 Å². The Morgan fingerprint density at radius 3 is 2.33 bits per heavy atom. The number of carboxylic acid groups (broad SMARTS) is 1. The summed E-state index contributed by atoms with van der Waals surface area (Å²) < 4.78 is 39.4. The number of aryl methyl sites for hydroxylation is 2. The van der Waals surface area contributed by atoms with E-state index >= 15 is 0 Å². The molecule has 0 aromatic heterocycles. The summed E-state index contributed by atoms with van der Waals surface area (Å²) >= 11 is 0.